The van der Waals surface area contributed by atoms with Gasteiger partial charge in [0.2, 0.25) is 13.3 Å². The number of aryl methyl sites for hydroxylation is 2. The summed E-state index contributed by atoms with van der Waals surface area (Å²) >= 11 is 0. The van der Waals surface area contributed by atoms with Gasteiger partial charge in [-0.25, -0.2) is 9.37 Å². The van der Waals surface area contributed by atoms with E-state index >= 15 is 0 Å². The van der Waals surface area contributed by atoms with Crippen LogP contribution in [-0.4, -0.2) is 23.3 Å². The number of rotatable bonds is 4. The minimum absolute atomic E-state index is 0.433. The van der Waals surface area contributed by atoms with Crippen LogP contribution in [-0.2, 0) is 12.8 Å². The molecule has 0 saturated carbocycles. The molecular formula is C18H19BFN2O2P. The highest BCUT2D eigenvalue weighted by atomic mass is 31.0. The first-order valence-electron chi connectivity index (χ1n) is 8.44. The lowest BCUT2D eigenvalue weighted by atomic mass is 10.0. The van der Waals surface area contributed by atoms with Gasteiger partial charge in [0.25, 0.3) is 0 Å². The quantitative estimate of drug-likeness (QED) is 0.573. The number of para-hydroxylation sites is 1. The van der Waals surface area contributed by atoms with Crippen molar-refractivity contribution in [3.05, 3.63) is 47.8 Å². The van der Waals surface area contributed by atoms with E-state index in [4.69, 9.17) is 9.15 Å². The van der Waals surface area contributed by atoms with Crippen molar-refractivity contribution in [2.45, 2.75) is 31.2 Å². The second kappa shape index (κ2) is 6.34. The Morgan fingerprint density at radius 3 is 2.72 bits per heavy atom. The molecular weight excluding hydrogens is 337 g/mol. The number of halogens is 1. The molecule has 1 aliphatic rings. The zero-order valence-corrected chi connectivity index (χ0v) is 15.2. The largest absolute Gasteiger partial charge is 0.463 e. The SMILES string of the molecule is BC(F)(P)Oc1ccccc1-c1ccc(-c2nc3c([nH]2)CCCC3)o1. The first-order valence-corrected chi connectivity index (χ1v) is 9.01. The first-order chi connectivity index (χ1) is 12.0. The molecule has 4 rings (SSSR count). The van der Waals surface area contributed by atoms with Crippen molar-refractivity contribution in [1.29, 1.82) is 0 Å². The summed E-state index contributed by atoms with van der Waals surface area (Å²) in [6.45, 7) is 0. The van der Waals surface area contributed by atoms with Crippen LogP contribution in [0, 0.1) is 0 Å². The number of aromatic nitrogens is 2. The van der Waals surface area contributed by atoms with Crippen molar-refractivity contribution in [3.8, 4) is 28.7 Å². The van der Waals surface area contributed by atoms with Crippen LogP contribution in [0.3, 0.4) is 0 Å². The summed E-state index contributed by atoms with van der Waals surface area (Å²) in [5.74, 6) is 2.47. The summed E-state index contributed by atoms with van der Waals surface area (Å²) in [4.78, 5) is 8.03. The normalized spacial score (nSPS) is 16.2. The molecule has 3 aromatic rings. The van der Waals surface area contributed by atoms with Crippen LogP contribution in [0.1, 0.15) is 24.2 Å². The summed E-state index contributed by atoms with van der Waals surface area (Å²) in [5, 5.41) is 0. The minimum atomic E-state index is -1.84. The van der Waals surface area contributed by atoms with Crippen molar-refractivity contribution in [2.75, 3.05) is 0 Å². The number of H-pyrrole nitrogens is 1. The standard InChI is InChI=1S/C18H19BFN2O2P/c19-18(20,25)24-15-8-4-1-5-11(15)14-9-10-16(23-14)17-21-12-6-2-3-7-13(12)22-17/h1,4-5,8-10H,2-3,6-7,19,25H2,(H,21,22). The van der Waals surface area contributed by atoms with E-state index in [0.717, 1.165) is 24.4 Å². The van der Waals surface area contributed by atoms with Crippen LogP contribution >= 0.6 is 9.24 Å². The second-order valence-electron chi connectivity index (χ2n) is 6.47. The molecule has 2 unspecified atom stereocenters. The van der Waals surface area contributed by atoms with E-state index < -0.39 is 5.50 Å². The fourth-order valence-electron chi connectivity index (χ4n) is 3.15. The highest BCUT2D eigenvalue weighted by Crippen LogP contribution is 2.36. The number of alkyl halides is 1. The van der Waals surface area contributed by atoms with Crippen molar-refractivity contribution in [1.82, 2.24) is 9.97 Å². The number of imidazole rings is 1. The van der Waals surface area contributed by atoms with E-state index in [1.807, 2.05) is 33.5 Å². The third-order valence-corrected chi connectivity index (χ3v) is 4.37. The van der Waals surface area contributed by atoms with Crippen molar-refractivity contribution in [3.63, 3.8) is 0 Å². The van der Waals surface area contributed by atoms with E-state index in [9.17, 15) is 4.39 Å². The third-order valence-electron chi connectivity index (χ3n) is 4.26. The highest BCUT2D eigenvalue weighted by Gasteiger charge is 2.21. The molecule has 4 nitrogen and oxygen atoms in total. The van der Waals surface area contributed by atoms with Gasteiger partial charge in [0.1, 0.15) is 11.5 Å². The van der Waals surface area contributed by atoms with Gasteiger partial charge in [-0.2, -0.15) is 0 Å². The first kappa shape index (κ1) is 16.4. The Hall–Kier alpha value is -2.07. The number of aromatic amines is 1. The smallest absolute Gasteiger partial charge is 0.215 e. The van der Waals surface area contributed by atoms with Crippen LogP contribution in [0.15, 0.2) is 40.8 Å². The summed E-state index contributed by atoms with van der Waals surface area (Å²) in [7, 11) is 3.38. The van der Waals surface area contributed by atoms with Crippen LogP contribution in [0.25, 0.3) is 22.9 Å². The minimum Gasteiger partial charge on any atom is -0.463 e. The van der Waals surface area contributed by atoms with Crippen LogP contribution in [0.5, 0.6) is 5.75 Å². The number of ether oxygens (including phenoxy) is 1. The van der Waals surface area contributed by atoms with Crippen molar-refractivity contribution < 1.29 is 13.5 Å². The Kier molecular flexibility index (Phi) is 4.16. The molecule has 0 spiro atoms. The second-order valence-corrected chi connectivity index (χ2v) is 7.50. The van der Waals surface area contributed by atoms with Gasteiger partial charge >= 0.3 is 0 Å². The van der Waals surface area contributed by atoms with Gasteiger partial charge in [-0.05, 0) is 49.9 Å². The fourth-order valence-corrected chi connectivity index (χ4v) is 3.28. The van der Waals surface area contributed by atoms with Crippen LogP contribution in [0.4, 0.5) is 4.39 Å². The maximum absolute atomic E-state index is 13.9. The Bertz CT molecular complexity index is 877. The molecule has 1 N–H and O–H groups in total. The van der Waals surface area contributed by atoms with Crippen molar-refractivity contribution >= 4 is 17.1 Å². The predicted octanol–water partition coefficient (Wildman–Crippen LogP) is 3.68. The number of benzene rings is 1. The Labute approximate surface area is 148 Å². The average molecular weight is 356 g/mol. The molecule has 0 amide bonds. The summed E-state index contributed by atoms with van der Waals surface area (Å²) in [5.41, 5.74) is 1.21. The summed E-state index contributed by atoms with van der Waals surface area (Å²) < 4.78 is 25.2. The molecule has 0 aliphatic heterocycles. The maximum atomic E-state index is 13.9. The van der Waals surface area contributed by atoms with Gasteiger partial charge in [-0.3, -0.25) is 0 Å². The summed E-state index contributed by atoms with van der Waals surface area (Å²) in [6.07, 6.45) is 4.43. The topological polar surface area (TPSA) is 51.0 Å². The monoisotopic (exact) mass is 356 g/mol. The maximum Gasteiger partial charge on any atom is 0.215 e. The van der Waals surface area contributed by atoms with E-state index in [0.29, 0.717) is 22.8 Å². The highest BCUT2D eigenvalue weighted by molar-refractivity contribution is 7.21. The zero-order chi connectivity index (χ0) is 17.4. The molecule has 25 heavy (non-hydrogen) atoms. The Balaban J connectivity index is 1.67. The molecule has 2 aromatic heterocycles. The lowest BCUT2D eigenvalue weighted by molar-refractivity contribution is 0.110. The number of furan rings is 1. The third kappa shape index (κ3) is 3.50. The molecule has 7 heteroatoms. The average Bonchev–Trinajstić information content (AvgIpc) is 3.20. The van der Waals surface area contributed by atoms with Gasteiger partial charge in [0.05, 0.1) is 11.3 Å². The molecule has 1 aromatic carbocycles. The number of nitrogens with zero attached hydrogens (tertiary/aromatic N) is 1. The number of fused-ring (bicyclic) bond motifs is 1. The number of hydrogen-bond acceptors (Lipinski definition) is 3. The molecule has 0 fully saturated rings. The van der Waals surface area contributed by atoms with E-state index in [2.05, 4.69) is 9.97 Å². The Morgan fingerprint density at radius 1 is 1.16 bits per heavy atom. The summed E-state index contributed by atoms with van der Waals surface area (Å²) in [6, 6.07) is 11.0. The molecule has 1 aliphatic carbocycles. The van der Waals surface area contributed by atoms with E-state index in [1.165, 1.54) is 26.4 Å². The molecule has 128 valence electrons. The van der Waals surface area contributed by atoms with Gasteiger partial charge in [0.15, 0.2) is 11.6 Å². The van der Waals surface area contributed by atoms with Crippen LogP contribution < -0.4 is 4.74 Å². The molecule has 0 bridgehead atoms. The van der Waals surface area contributed by atoms with Crippen LogP contribution in [0.2, 0.25) is 0 Å². The van der Waals surface area contributed by atoms with E-state index in [-0.39, 0.29) is 0 Å². The number of nitrogens with one attached hydrogen (secondary N) is 1. The van der Waals surface area contributed by atoms with Gasteiger partial charge in [0, 0.05) is 5.69 Å². The predicted molar refractivity (Wildman–Crippen MR) is 101 cm³/mol. The Morgan fingerprint density at radius 2 is 1.92 bits per heavy atom. The molecule has 2 heterocycles. The molecule has 0 radical (unpaired) electrons. The molecule has 2 atom stereocenters. The zero-order valence-electron chi connectivity index (χ0n) is 14.0. The van der Waals surface area contributed by atoms with Gasteiger partial charge in [-0.1, -0.05) is 21.4 Å². The van der Waals surface area contributed by atoms with Gasteiger partial charge in [-0.15, -0.1) is 0 Å². The number of hydrogen-bond donors (Lipinski definition) is 1. The lowest BCUT2D eigenvalue weighted by Crippen LogP contribution is -2.22. The van der Waals surface area contributed by atoms with Gasteiger partial charge < -0.3 is 14.1 Å². The van der Waals surface area contributed by atoms with E-state index in [1.54, 1.807) is 12.1 Å². The van der Waals surface area contributed by atoms with Crippen molar-refractivity contribution in [2.24, 2.45) is 0 Å². The lowest BCUT2D eigenvalue weighted by Gasteiger charge is -2.19. The fraction of sp³-hybridized carbons (Fsp3) is 0.278. The molecule has 0 saturated heterocycles.